The number of nitrogens with one attached hydrogen (secondary N) is 1. The minimum absolute atomic E-state index is 0.307. The largest absolute Gasteiger partial charge is 0.452 e. The van der Waals surface area contributed by atoms with E-state index in [-0.39, 0.29) is 12.5 Å². The quantitative estimate of drug-likeness (QED) is 0.524. The number of esters is 1. The molecule has 1 aromatic heterocycles. The van der Waals surface area contributed by atoms with Crippen LogP contribution in [-0.2, 0) is 16.1 Å². The lowest BCUT2D eigenvalue weighted by molar-refractivity contribution is -0.119. The average molecular weight is 464 g/mol. The maximum Gasteiger partial charge on any atom is 0.339 e. The summed E-state index contributed by atoms with van der Waals surface area (Å²) in [6.07, 6.45) is 0. The van der Waals surface area contributed by atoms with Gasteiger partial charge in [0.25, 0.3) is 5.91 Å². The van der Waals surface area contributed by atoms with E-state index in [1.165, 1.54) is 16.9 Å². The fraction of sp³-hybridized carbons (Fsp3) is 0.308. The summed E-state index contributed by atoms with van der Waals surface area (Å²) < 4.78 is 5.17. The molecule has 0 unspecified atom stereocenters. The van der Waals surface area contributed by atoms with Crippen LogP contribution in [0, 0.1) is 13.8 Å². The SMILES string of the molecule is Cc1cc(C(=O)OCC(=O)Nc2ccc(N3CCN(Cc4ccccc4)CC3)cc2)c(C)s1. The van der Waals surface area contributed by atoms with Crippen LogP contribution in [0.25, 0.3) is 0 Å². The summed E-state index contributed by atoms with van der Waals surface area (Å²) in [7, 11) is 0. The van der Waals surface area contributed by atoms with Crippen molar-refractivity contribution in [1.29, 1.82) is 0 Å². The molecule has 6 nitrogen and oxygen atoms in total. The van der Waals surface area contributed by atoms with Crippen LogP contribution in [0.2, 0.25) is 0 Å². The number of hydrogen-bond donors (Lipinski definition) is 1. The highest BCUT2D eigenvalue weighted by molar-refractivity contribution is 7.12. The number of benzene rings is 2. The molecule has 33 heavy (non-hydrogen) atoms. The van der Waals surface area contributed by atoms with Gasteiger partial charge in [0.15, 0.2) is 6.61 Å². The fourth-order valence-electron chi connectivity index (χ4n) is 4.00. The number of nitrogens with zero attached hydrogens (tertiary/aromatic N) is 2. The third-order valence-electron chi connectivity index (χ3n) is 5.73. The summed E-state index contributed by atoms with van der Waals surface area (Å²) in [5, 5.41) is 2.79. The van der Waals surface area contributed by atoms with Crippen molar-refractivity contribution in [3.8, 4) is 0 Å². The first-order valence-corrected chi connectivity index (χ1v) is 11.9. The zero-order chi connectivity index (χ0) is 23.2. The van der Waals surface area contributed by atoms with Crippen molar-refractivity contribution in [3.63, 3.8) is 0 Å². The monoisotopic (exact) mass is 463 g/mol. The molecule has 2 heterocycles. The third-order valence-corrected chi connectivity index (χ3v) is 6.70. The van der Waals surface area contributed by atoms with Crippen molar-refractivity contribution in [1.82, 2.24) is 4.90 Å². The number of ether oxygens (including phenoxy) is 1. The normalized spacial score (nSPS) is 14.2. The van der Waals surface area contributed by atoms with Gasteiger partial charge in [-0.15, -0.1) is 11.3 Å². The van der Waals surface area contributed by atoms with Gasteiger partial charge < -0.3 is 15.0 Å². The van der Waals surface area contributed by atoms with E-state index in [0.717, 1.165) is 48.2 Å². The fourth-order valence-corrected chi connectivity index (χ4v) is 4.91. The van der Waals surface area contributed by atoms with Crippen LogP contribution in [0.3, 0.4) is 0 Å². The predicted molar refractivity (Wildman–Crippen MR) is 133 cm³/mol. The van der Waals surface area contributed by atoms with Gasteiger partial charge in [-0.2, -0.15) is 0 Å². The Morgan fingerprint density at radius 1 is 0.970 bits per heavy atom. The van der Waals surface area contributed by atoms with Crippen molar-refractivity contribution in [2.24, 2.45) is 0 Å². The van der Waals surface area contributed by atoms with E-state index in [9.17, 15) is 9.59 Å². The molecule has 1 fully saturated rings. The molecule has 7 heteroatoms. The summed E-state index contributed by atoms with van der Waals surface area (Å²) in [6.45, 7) is 8.46. The Bertz CT molecular complexity index is 1090. The molecule has 1 aliphatic heterocycles. The first-order valence-electron chi connectivity index (χ1n) is 11.1. The molecular weight excluding hydrogens is 434 g/mol. The lowest BCUT2D eigenvalue weighted by Gasteiger charge is -2.36. The summed E-state index contributed by atoms with van der Waals surface area (Å²) >= 11 is 1.54. The zero-order valence-electron chi connectivity index (χ0n) is 19.0. The molecule has 3 aromatic rings. The van der Waals surface area contributed by atoms with E-state index >= 15 is 0 Å². The molecule has 2 aromatic carbocycles. The maximum atomic E-state index is 12.2. The molecule has 4 rings (SSSR count). The van der Waals surface area contributed by atoms with Gasteiger partial charge in [-0.3, -0.25) is 9.69 Å². The molecule has 1 aliphatic rings. The van der Waals surface area contributed by atoms with Gasteiger partial charge >= 0.3 is 5.97 Å². The Hall–Kier alpha value is -3.16. The van der Waals surface area contributed by atoms with E-state index < -0.39 is 5.97 Å². The predicted octanol–water partition coefficient (Wildman–Crippen LogP) is 4.48. The summed E-state index contributed by atoms with van der Waals surface area (Å²) in [6, 6.07) is 20.2. The highest BCUT2D eigenvalue weighted by atomic mass is 32.1. The van der Waals surface area contributed by atoms with Crippen molar-refractivity contribution in [2.45, 2.75) is 20.4 Å². The molecule has 0 bridgehead atoms. The molecule has 1 amide bonds. The smallest absolute Gasteiger partial charge is 0.339 e. The summed E-state index contributed by atoms with van der Waals surface area (Å²) in [5.41, 5.74) is 3.70. The Balaban J connectivity index is 1.22. The molecule has 172 valence electrons. The van der Waals surface area contributed by atoms with Crippen LogP contribution >= 0.6 is 11.3 Å². The van der Waals surface area contributed by atoms with E-state index in [2.05, 4.69) is 39.4 Å². The van der Waals surface area contributed by atoms with Gasteiger partial charge in [0.2, 0.25) is 0 Å². The minimum atomic E-state index is -0.464. The maximum absolute atomic E-state index is 12.2. The number of hydrogen-bond acceptors (Lipinski definition) is 6. The van der Waals surface area contributed by atoms with Gasteiger partial charge in [-0.1, -0.05) is 30.3 Å². The van der Waals surface area contributed by atoms with Gasteiger partial charge in [0.1, 0.15) is 0 Å². The van der Waals surface area contributed by atoms with Gasteiger partial charge in [0.05, 0.1) is 5.56 Å². The van der Waals surface area contributed by atoms with Crippen LogP contribution < -0.4 is 10.2 Å². The highest BCUT2D eigenvalue weighted by Crippen LogP contribution is 2.22. The molecule has 0 spiro atoms. The van der Waals surface area contributed by atoms with Crippen LogP contribution in [0.4, 0.5) is 11.4 Å². The number of amides is 1. The van der Waals surface area contributed by atoms with Gasteiger partial charge in [0, 0.05) is 53.9 Å². The van der Waals surface area contributed by atoms with E-state index in [0.29, 0.717) is 11.3 Å². The standard InChI is InChI=1S/C26H29N3O3S/c1-19-16-24(20(2)33-19)26(31)32-18-25(30)27-22-8-10-23(11-9-22)29-14-12-28(13-15-29)17-21-6-4-3-5-7-21/h3-11,16H,12-15,17-18H2,1-2H3,(H,27,30). The molecular formula is C26H29N3O3S. The van der Waals surface area contributed by atoms with Crippen LogP contribution in [0.5, 0.6) is 0 Å². The highest BCUT2D eigenvalue weighted by Gasteiger charge is 2.18. The number of carbonyl (C=O) groups excluding carboxylic acids is 2. The number of aryl methyl sites for hydroxylation is 2. The number of anilines is 2. The zero-order valence-corrected chi connectivity index (χ0v) is 19.9. The van der Waals surface area contributed by atoms with Crippen LogP contribution in [-0.4, -0.2) is 49.6 Å². The van der Waals surface area contributed by atoms with Gasteiger partial charge in [-0.05, 0) is 49.7 Å². The van der Waals surface area contributed by atoms with Crippen LogP contribution in [0.1, 0.15) is 25.7 Å². The number of carbonyl (C=O) groups is 2. The van der Waals surface area contributed by atoms with Crippen molar-refractivity contribution in [3.05, 3.63) is 81.5 Å². The number of rotatable bonds is 7. The molecule has 0 aliphatic carbocycles. The number of piperazine rings is 1. The lowest BCUT2D eigenvalue weighted by Crippen LogP contribution is -2.45. The second-order valence-corrected chi connectivity index (χ2v) is 9.71. The van der Waals surface area contributed by atoms with E-state index in [4.69, 9.17) is 4.74 Å². The van der Waals surface area contributed by atoms with E-state index in [1.807, 2.05) is 44.2 Å². The molecule has 1 saturated heterocycles. The molecule has 1 N–H and O–H groups in total. The Labute approximate surface area is 198 Å². The topological polar surface area (TPSA) is 61.9 Å². The molecule has 0 atom stereocenters. The van der Waals surface area contributed by atoms with Crippen molar-refractivity contribution >= 4 is 34.6 Å². The first-order chi connectivity index (χ1) is 16.0. The van der Waals surface area contributed by atoms with Crippen molar-refractivity contribution < 1.29 is 14.3 Å². The van der Waals surface area contributed by atoms with Crippen molar-refractivity contribution in [2.75, 3.05) is 43.0 Å². The Kier molecular flexibility index (Phi) is 7.42. The third kappa shape index (κ3) is 6.21. The lowest BCUT2D eigenvalue weighted by atomic mass is 10.2. The second kappa shape index (κ2) is 10.6. The molecule has 0 radical (unpaired) electrons. The summed E-state index contributed by atoms with van der Waals surface area (Å²) in [5.74, 6) is -0.816. The van der Waals surface area contributed by atoms with Gasteiger partial charge in [-0.25, -0.2) is 4.79 Å². The van der Waals surface area contributed by atoms with Crippen LogP contribution in [0.15, 0.2) is 60.7 Å². The average Bonchev–Trinajstić information content (AvgIpc) is 3.17. The molecule has 0 saturated carbocycles. The Morgan fingerprint density at radius 2 is 1.67 bits per heavy atom. The van der Waals surface area contributed by atoms with E-state index in [1.54, 1.807) is 6.07 Å². The first kappa shape index (κ1) is 23.0. The Morgan fingerprint density at radius 3 is 2.30 bits per heavy atom. The minimum Gasteiger partial charge on any atom is -0.452 e. The second-order valence-electron chi connectivity index (χ2n) is 8.25. The number of thiophene rings is 1. The summed E-state index contributed by atoms with van der Waals surface area (Å²) in [4.78, 5) is 31.2.